The second-order valence-corrected chi connectivity index (χ2v) is 14.1. The highest BCUT2D eigenvalue weighted by Crippen LogP contribution is 2.36. The molecule has 32 heavy (non-hydrogen) atoms. The highest BCUT2D eigenvalue weighted by atomic mass is 28.4. The molecule has 0 spiro atoms. The Morgan fingerprint density at radius 3 is 1.94 bits per heavy atom. The van der Waals surface area contributed by atoms with Crippen LogP contribution in [-0.4, -0.2) is 53.7 Å². The van der Waals surface area contributed by atoms with Gasteiger partial charge in [-0.15, -0.1) is 0 Å². The average molecular weight is 459 g/mol. The first-order valence-electron chi connectivity index (χ1n) is 11.3. The molecule has 0 atom stereocenters. The van der Waals surface area contributed by atoms with E-state index in [9.17, 15) is 4.79 Å². The maximum atomic E-state index is 12.6. The molecule has 5 nitrogen and oxygen atoms in total. The van der Waals surface area contributed by atoms with Crippen molar-refractivity contribution in [2.45, 2.75) is 45.5 Å². The summed E-state index contributed by atoms with van der Waals surface area (Å²) in [7, 11) is -1.70. The van der Waals surface area contributed by atoms with E-state index < -0.39 is 8.32 Å². The number of ketones is 1. The number of ether oxygens (including phenoxy) is 3. The maximum Gasteiger partial charge on any atom is 0.193 e. The molecule has 0 aliphatic rings. The van der Waals surface area contributed by atoms with Gasteiger partial charge in [0.05, 0.1) is 46.2 Å². The Bertz CT molecular complexity index is 814. The summed E-state index contributed by atoms with van der Waals surface area (Å²) in [6.07, 6.45) is 0. The Morgan fingerprint density at radius 2 is 1.31 bits per heavy atom. The molecular weight excluding hydrogens is 420 g/mol. The minimum absolute atomic E-state index is 0.0190. The van der Waals surface area contributed by atoms with Crippen LogP contribution in [0, 0.1) is 0 Å². The van der Waals surface area contributed by atoms with Gasteiger partial charge in [0.2, 0.25) is 0 Å². The first-order valence-corrected chi connectivity index (χ1v) is 14.2. The average Bonchev–Trinajstić information content (AvgIpc) is 2.77. The van der Waals surface area contributed by atoms with E-state index in [1.807, 2.05) is 54.6 Å². The molecule has 2 aromatic rings. The second-order valence-electron chi connectivity index (χ2n) is 9.28. The fourth-order valence-corrected chi connectivity index (χ4v) is 3.79. The molecule has 176 valence electrons. The van der Waals surface area contributed by atoms with Crippen LogP contribution < -0.4 is 0 Å². The third-order valence-corrected chi connectivity index (χ3v) is 10.3. The number of hydrogen-bond acceptors (Lipinski definition) is 5. The van der Waals surface area contributed by atoms with Gasteiger partial charge in [-0.2, -0.15) is 0 Å². The zero-order chi connectivity index (χ0) is 23.5. The molecule has 2 aromatic carbocycles. The Hall–Kier alpha value is -1.83. The number of carbonyl (C=O) groups is 1. The first kappa shape index (κ1) is 26.4. The zero-order valence-electron chi connectivity index (χ0n) is 20.2. The molecular formula is C26H38O5Si. The molecule has 0 bridgehead atoms. The van der Waals surface area contributed by atoms with Gasteiger partial charge in [0.1, 0.15) is 0 Å². The topological polar surface area (TPSA) is 54.0 Å². The van der Waals surface area contributed by atoms with Gasteiger partial charge in [-0.3, -0.25) is 4.79 Å². The normalized spacial score (nSPS) is 12.2. The van der Waals surface area contributed by atoms with Crippen LogP contribution in [0.4, 0.5) is 0 Å². The predicted molar refractivity (Wildman–Crippen MR) is 131 cm³/mol. The Labute approximate surface area is 194 Å². The van der Waals surface area contributed by atoms with Gasteiger partial charge in [0.15, 0.2) is 14.1 Å². The van der Waals surface area contributed by atoms with Crippen molar-refractivity contribution < 1.29 is 23.4 Å². The summed E-state index contributed by atoms with van der Waals surface area (Å²) in [6.45, 7) is 14.9. The van der Waals surface area contributed by atoms with Gasteiger partial charge in [0.25, 0.3) is 0 Å². The van der Waals surface area contributed by atoms with Crippen LogP contribution in [0.15, 0.2) is 54.6 Å². The van der Waals surface area contributed by atoms with Crippen molar-refractivity contribution >= 4 is 14.1 Å². The lowest BCUT2D eigenvalue weighted by molar-refractivity contribution is 0.00524. The van der Waals surface area contributed by atoms with Crippen molar-refractivity contribution in [1.29, 1.82) is 0 Å². The highest BCUT2D eigenvalue weighted by Gasteiger charge is 2.36. The molecule has 0 radical (unpaired) electrons. The van der Waals surface area contributed by atoms with Gasteiger partial charge in [-0.1, -0.05) is 69.3 Å². The summed E-state index contributed by atoms with van der Waals surface area (Å²) in [5, 5.41) is 0.217. The molecule has 0 saturated carbocycles. The molecule has 0 heterocycles. The van der Waals surface area contributed by atoms with Crippen LogP contribution in [0.5, 0.6) is 0 Å². The van der Waals surface area contributed by atoms with Crippen LogP contribution in [0.25, 0.3) is 0 Å². The Kier molecular flexibility index (Phi) is 10.7. The molecule has 0 aromatic heterocycles. The third kappa shape index (κ3) is 8.96. The fourth-order valence-electron chi connectivity index (χ4n) is 2.76. The predicted octanol–water partition coefficient (Wildman–Crippen LogP) is 5.49. The molecule has 0 amide bonds. The molecule has 0 unspecified atom stereocenters. The van der Waals surface area contributed by atoms with E-state index in [1.165, 1.54) is 0 Å². The van der Waals surface area contributed by atoms with Gasteiger partial charge < -0.3 is 18.6 Å². The third-order valence-electron chi connectivity index (χ3n) is 5.73. The lowest BCUT2D eigenvalue weighted by atomic mass is 10.0. The highest BCUT2D eigenvalue weighted by molar-refractivity contribution is 6.74. The van der Waals surface area contributed by atoms with Crippen LogP contribution in [0.3, 0.4) is 0 Å². The van der Waals surface area contributed by atoms with E-state index in [-0.39, 0.29) is 10.8 Å². The van der Waals surface area contributed by atoms with Crippen molar-refractivity contribution in [2.24, 2.45) is 0 Å². The van der Waals surface area contributed by atoms with Gasteiger partial charge >= 0.3 is 0 Å². The van der Waals surface area contributed by atoms with Crippen LogP contribution in [-0.2, 0) is 25.2 Å². The van der Waals surface area contributed by atoms with Crippen LogP contribution >= 0.6 is 0 Å². The van der Waals surface area contributed by atoms with Crippen molar-refractivity contribution in [3.8, 4) is 0 Å². The molecule has 0 aliphatic heterocycles. The number of hydrogen-bond donors (Lipinski definition) is 0. The molecule has 0 saturated heterocycles. The lowest BCUT2D eigenvalue weighted by Gasteiger charge is -2.36. The molecule has 6 heteroatoms. The summed E-state index contributed by atoms with van der Waals surface area (Å²) in [4.78, 5) is 12.6. The van der Waals surface area contributed by atoms with Crippen LogP contribution in [0.2, 0.25) is 18.1 Å². The van der Waals surface area contributed by atoms with Gasteiger partial charge in [-0.25, -0.2) is 0 Å². The van der Waals surface area contributed by atoms with Crippen LogP contribution in [0.1, 0.15) is 42.3 Å². The standard InChI is InChI=1S/C26H38O5Si/c1-26(2,3)32(4,5)31-19-18-29-15-14-28-16-17-30-21-22-10-9-13-24(20-22)25(27)23-11-7-6-8-12-23/h6-13,20H,14-19,21H2,1-5H3. The van der Waals surface area contributed by atoms with Crippen molar-refractivity contribution in [2.75, 3.05) is 39.6 Å². The number of benzene rings is 2. The summed E-state index contributed by atoms with van der Waals surface area (Å²) in [5.41, 5.74) is 2.33. The smallest absolute Gasteiger partial charge is 0.193 e. The summed E-state index contributed by atoms with van der Waals surface area (Å²) in [6, 6.07) is 16.9. The van der Waals surface area contributed by atoms with E-state index in [4.69, 9.17) is 18.6 Å². The Balaban J connectivity index is 1.54. The van der Waals surface area contributed by atoms with E-state index in [1.54, 1.807) is 0 Å². The van der Waals surface area contributed by atoms with Crippen molar-refractivity contribution in [1.82, 2.24) is 0 Å². The van der Waals surface area contributed by atoms with Gasteiger partial charge in [0, 0.05) is 11.1 Å². The quantitative estimate of drug-likeness (QED) is 0.213. The number of rotatable bonds is 14. The SMILES string of the molecule is CC(C)(C)[Si](C)(C)OCCOCCOCCOCc1cccc(C(=O)c2ccccc2)c1. The second kappa shape index (κ2) is 13.0. The minimum atomic E-state index is -1.70. The zero-order valence-corrected chi connectivity index (χ0v) is 21.2. The summed E-state index contributed by atoms with van der Waals surface area (Å²) < 4.78 is 22.9. The fraction of sp³-hybridized carbons (Fsp3) is 0.500. The molecule has 2 rings (SSSR count). The summed E-state index contributed by atoms with van der Waals surface area (Å²) in [5.74, 6) is 0.0190. The monoisotopic (exact) mass is 458 g/mol. The number of carbonyl (C=O) groups excluding carboxylic acids is 1. The van der Waals surface area contributed by atoms with Crippen molar-refractivity contribution in [3.05, 3.63) is 71.3 Å². The van der Waals surface area contributed by atoms with Gasteiger partial charge in [-0.05, 0) is 29.8 Å². The molecule has 0 aliphatic carbocycles. The minimum Gasteiger partial charge on any atom is -0.414 e. The maximum absolute atomic E-state index is 12.6. The largest absolute Gasteiger partial charge is 0.414 e. The lowest BCUT2D eigenvalue weighted by Crippen LogP contribution is -2.41. The van der Waals surface area contributed by atoms with E-state index in [2.05, 4.69) is 33.9 Å². The Morgan fingerprint density at radius 1 is 0.750 bits per heavy atom. The van der Waals surface area contributed by atoms with E-state index >= 15 is 0 Å². The summed E-state index contributed by atoms with van der Waals surface area (Å²) >= 11 is 0. The molecule has 0 fully saturated rings. The molecule has 0 N–H and O–H groups in total. The van der Waals surface area contributed by atoms with Crippen molar-refractivity contribution in [3.63, 3.8) is 0 Å². The van der Waals surface area contributed by atoms with E-state index in [0.717, 1.165) is 5.56 Å². The van der Waals surface area contributed by atoms with E-state index in [0.29, 0.717) is 57.4 Å². The first-order chi connectivity index (χ1) is 15.2.